The van der Waals surface area contributed by atoms with Crippen molar-refractivity contribution in [3.63, 3.8) is 0 Å². The highest BCUT2D eigenvalue weighted by Crippen LogP contribution is 2.18. The molecule has 4 nitrogen and oxygen atoms in total. The van der Waals surface area contributed by atoms with E-state index in [2.05, 4.69) is 5.32 Å². The number of rotatable bonds is 5. The van der Waals surface area contributed by atoms with Crippen LogP contribution in [0.15, 0.2) is 24.3 Å². The first-order valence-corrected chi connectivity index (χ1v) is 6.14. The Balaban J connectivity index is 2.73. The van der Waals surface area contributed by atoms with Gasteiger partial charge in [-0.05, 0) is 38.0 Å². The molecule has 2 unspecified atom stereocenters. The van der Waals surface area contributed by atoms with Gasteiger partial charge in [-0.3, -0.25) is 4.79 Å². The molecule has 0 saturated heterocycles. The molecule has 0 aromatic heterocycles. The topological polar surface area (TPSA) is 64.3 Å². The average Bonchev–Trinajstić information content (AvgIpc) is 2.38. The summed E-state index contributed by atoms with van der Waals surface area (Å²) in [5.74, 6) is -0.100. The molecule has 0 heterocycles. The first kappa shape index (κ1) is 14.5. The number of nitrogens with two attached hydrogens (primary N) is 1. The number of benzene rings is 1. The maximum Gasteiger partial charge on any atom is 0.252 e. The minimum Gasteiger partial charge on any atom is -0.399 e. The number of anilines is 1. The zero-order chi connectivity index (χ0) is 13.8. The lowest BCUT2D eigenvalue weighted by Crippen LogP contribution is -2.46. The fourth-order valence-corrected chi connectivity index (χ4v) is 1.61. The summed E-state index contributed by atoms with van der Waals surface area (Å²) in [5, 5.41) is 2.95. The Kier molecular flexibility index (Phi) is 4.73. The molecule has 0 aliphatic rings. The minimum atomic E-state index is -0.776. The van der Waals surface area contributed by atoms with Crippen LogP contribution in [0.25, 0.3) is 0 Å². The van der Waals surface area contributed by atoms with Crippen LogP contribution >= 0.6 is 0 Å². The van der Waals surface area contributed by atoms with Gasteiger partial charge in [-0.2, -0.15) is 0 Å². The third kappa shape index (κ3) is 3.23. The number of hydrogen-bond donors (Lipinski definition) is 2. The van der Waals surface area contributed by atoms with Gasteiger partial charge >= 0.3 is 0 Å². The van der Waals surface area contributed by atoms with Crippen LogP contribution in [0.3, 0.4) is 0 Å². The predicted molar refractivity (Wildman–Crippen MR) is 73.1 cm³/mol. The summed E-state index contributed by atoms with van der Waals surface area (Å²) in [7, 11) is 1.55. The van der Waals surface area contributed by atoms with E-state index in [4.69, 9.17) is 10.5 Å². The zero-order valence-electron chi connectivity index (χ0n) is 11.5. The van der Waals surface area contributed by atoms with Crippen LogP contribution in [0.4, 0.5) is 5.69 Å². The second kappa shape index (κ2) is 5.87. The van der Waals surface area contributed by atoms with Crippen molar-refractivity contribution in [2.75, 3.05) is 12.8 Å². The van der Waals surface area contributed by atoms with Crippen LogP contribution in [0.2, 0.25) is 0 Å². The summed E-state index contributed by atoms with van der Waals surface area (Å²) in [6.45, 7) is 5.66. The lowest BCUT2D eigenvalue weighted by atomic mass is 10.0. The highest BCUT2D eigenvalue weighted by molar-refractivity contribution is 5.85. The Morgan fingerprint density at radius 1 is 1.44 bits per heavy atom. The molecule has 3 N–H and O–H groups in total. The predicted octanol–water partition coefficient (Wildman–Crippen LogP) is 2.26. The number of hydrogen-bond acceptors (Lipinski definition) is 3. The normalized spacial score (nSPS) is 15.8. The van der Waals surface area contributed by atoms with Crippen molar-refractivity contribution in [3.05, 3.63) is 29.8 Å². The van der Waals surface area contributed by atoms with Crippen LogP contribution in [0, 0.1) is 0 Å². The molecule has 0 spiro atoms. The van der Waals surface area contributed by atoms with Gasteiger partial charge in [-0.25, -0.2) is 0 Å². The average molecular weight is 250 g/mol. The molecule has 0 saturated carbocycles. The standard InChI is InChI=1S/C14H22N2O2/c1-5-14(3,18-4)13(17)16-10(2)11-6-8-12(15)9-7-11/h6-10H,5,15H2,1-4H3,(H,16,17). The Bertz CT molecular complexity index is 397. The third-order valence-electron chi connectivity index (χ3n) is 3.39. The van der Waals surface area contributed by atoms with Crippen LogP contribution < -0.4 is 11.1 Å². The van der Waals surface area contributed by atoms with Gasteiger partial charge in [0, 0.05) is 12.8 Å². The number of ether oxygens (including phenoxy) is 1. The monoisotopic (exact) mass is 250 g/mol. The number of carbonyl (C=O) groups is 1. The van der Waals surface area contributed by atoms with Gasteiger partial charge in [0.1, 0.15) is 5.60 Å². The van der Waals surface area contributed by atoms with Gasteiger partial charge in [0.05, 0.1) is 6.04 Å². The van der Waals surface area contributed by atoms with Gasteiger partial charge in [0.25, 0.3) is 5.91 Å². The van der Waals surface area contributed by atoms with E-state index in [9.17, 15) is 4.79 Å². The van der Waals surface area contributed by atoms with E-state index >= 15 is 0 Å². The highest BCUT2D eigenvalue weighted by Gasteiger charge is 2.31. The van der Waals surface area contributed by atoms with Crippen molar-refractivity contribution < 1.29 is 9.53 Å². The van der Waals surface area contributed by atoms with Gasteiger partial charge < -0.3 is 15.8 Å². The van der Waals surface area contributed by atoms with E-state index in [0.717, 1.165) is 5.56 Å². The molecule has 0 aliphatic carbocycles. The van der Waals surface area contributed by atoms with Crippen molar-refractivity contribution in [1.29, 1.82) is 0 Å². The van der Waals surface area contributed by atoms with Gasteiger partial charge in [-0.1, -0.05) is 19.1 Å². The summed E-state index contributed by atoms with van der Waals surface area (Å²) in [4.78, 5) is 12.1. The molecule has 2 atom stereocenters. The number of nitrogen functional groups attached to an aromatic ring is 1. The first-order valence-electron chi connectivity index (χ1n) is 6.14. The van der Waals surface area contributed by atoms with Crippen LogP contribution in [-0.2, 0) is 9.53 Å². The van der Waals surface area contributed by atoms with Crippen molar-refractivity contribution >= 4 is 11.6 Å². The molecule has 1 aromatic rings. The maximum atomic E-state index is 12.1. The number of amides is 1. The Morgan fingerprint density at radius 2 is 2.00 bits per heavy atom. The fourth-order valence-electron chi connectivity index (χ4n) is 1.61. The molecular weight excluding hydrogens is 228 g/mol. The molecule has 0 radical (unpaired) electrons. The van der Waals surface area contributed by atoms with Crippen molar-refractivity contribution in [2.45, 2.75) is 38.8 Å². The second-order valence-electron chi connectivity index (χ2n) is 4.65. The first-order chi connectivity index (χ1) is 8.42. The van der Waals surface area contributed by atoms with E-state index in [1.54, 1.807) is 14.0 Å². The van der Waals surface area contributed by atoms with Crippen molar-refractivity contribution in [2.24, 2.45) is 0 Å². The summed E-state index contributed by atoms with van der Waals surface area (Å²) >= 11 is 0. The molecule has 0 bridgehead atoms. The SMILES string of the molecule is CCC(C)(OC)C(=O)NC(C)c1ccc(N)cc1. The maximum absolute atomic E-state index is 12.1. The van der Waals surface area contributed by atoms with E-state index < -0.39 is 5.60 Å². The zero-order valence-corrected chi connectivity index (χ0v) is 11.5. The van der Waals surface area contributed by atoms with Crippen LogP contribution in [0.5, 0.6) is 0 Å². The molecule has 4 heteroatoms. The van der Waals surface area contributed by atoms with E-state index in [-0.39, 0.29) is 11.9 Å². The van der Waals surface area contributed by atoms with Crippen molar-refractivity contribution in [1.82, 2.24) is 5.32 Å². The molecule has 1 aromatic carbocycles. The molecular formula is C14H22N2O2. The third-order valence-corrected chi connectivity index (χ3v) is 3.39. The summed E-state index contributed by atoms with van der Waals surface area (Å²) in [6, 6.07) is 7.41. The molecule has 1 rings (SSSR count). The Morgan fingerprint density at radius 3 is 2.44 bits per heavy atom. The molecule has 0 aliphatic heterocycles. The van der Waals surface area contributed by atoms with Gasteiger partial charge in [0.2, 0.25) is 0 Å². The lowest BCUT2D eigenvalue weighted by molar-refractivity contribution is -0.142. The molecule has 18 heavy (non-hydrogen) atoms. The molecule has 0 fully saturated rings. The number of methoxy groups -OCH3 is 1. The minimum absolute atomic E-state index is 0.0703. The van der Waals surface area contributed by atoms with Gasteiger partial charge in [0.15, 0.2) is 0 Å². The second-order valence-corrected chi connectivity index (χ2v) is 4.65. The smallest absolute Gasteiger partial charge is 0.252 e. The Labute approximate surface area is 109 Å². The van der Waals surface area contributed by atoms with E-state index in [1.807, 2.05) is 38.1 Å². The van der Waals surface area contributed by atoms with Crippen LogP contribution in [0.1, 0.15) is 38.8 Å². The molecule has 1 amide bonds. The Hall–Kier alpha value is -1.55. The largest absolute Gasteiger partial charge is 0.399 e. The molecule has 100 valence electrons. The van der Waals surface area contributed by atoms with E-state index in [1.165, 1.54) is 0 Å². The number of carbonyl (C=O) groups excluding carboxylic acids is 1. The lowest BCUT2D eigenvalue weighted by Gasteiger charge is -2.27. The number of nitrogens with one attached hydrogen (secondary N) is 1. The highest BCUT2D eigenvalue weighted by atomic mass is 16.5. The van der Waals surface area contributed by atoms with Crippen molar-refractivity contribution in [3.8, 4) is 0 Å². The van der Waals surface area contributed by atoms with E-state index in [0.29, 0.717) is 12.1 Å². The fraction of sp³-hybridized carbons (Fsp3) is 0.500. The van der Waals surface area contributed by atoms with Gasteiger partial charge in [-0.15, -0.1) is 0 Å². The summed E-state index contributed by atoms with van der Waals surface area (Å²) < 4.78 is 5.27. The summed E-state index contributed by atoms with van der Waals surface area (Å²) in [6.07, 6.45) is 0.629. The van der Waals surface area contributed by atoms with Crippen LogP contribution in [-0.4, -0.2) is 18.6 Å². The quantitative estimate of drug-likeness (QED) is 0.788. The summed E-state index contributed by atoms with van der Waals surface area (Å²) in [5.41, 5.74) is 6.59.